The van der Waals surface area contributed by atoms with Crippen LogP contribution in [0.15, 0.2) is 18.2 Å². The SMILES string of the molecule is CC1(C)OB(c2ccc3sc(C#N)nc3c2)OC1(C)C. The van der Waals surface area contributed by atoms with Gasteiger partial charge in [0.1, 0.15) is 6.07 Å². The van der Waals surface area contributed by atoms with Crippen LogP contribution in [0.3, 0.4) is 0 Å². The number of aromatic nitrogens is 1. The Morgan fingerprint density at radius 2 is 1.85 bits per heavy atom. The molecular weight excluding hydrogens is 271 g/mol. The van der Waals surface area contributed by atoms with E-state index in [2.05, 4.69) is 11.1 Å². The molecule has 0 amide bonds. The molecule has 0 N–H and O–H groups in total. The molecule has 0 spiro atoms. The molecule has 1 aliphatic rings. The van der Waals surface area contributed by atoms with Crippen LogP contribution in [0.2, 0.25) is 0 Å². The van der Waals surface area contributed by atoms with E-state index in [4.69, 9.17) is 14.6 Å². The maximum absolute atomic E-state index is 8.91. The summed E-state index contributed by atoms with van der Waals surface area (Å²) in [4.78, 5) is 4.28. The predicted octanol–water partition coefficient (Wildman–Crippen LogP) is 2.47. The minimum atomic E-state index is -0.392. The highest BCUT2D eigenvalue weighted by molar-refractivity contribution is 7.19. The number of hydrogen-bond donors (Lipinski definition) is 0. The van der Waals surface area contributed by atoms with Gasteiger partial charge in [-0.1, -0.05) is 6.07 Å². The zero-order valence-electron chi connectivity index (χ0n) is 11.9. The zero-order chi connectivity index (χ0) is 14.5. The van der Waals surface area contributed by atoms with E-state index >= 15 is 0 Å². The summed E-state index contributed by atoms with van der Waals surface area (Å²) in [6, 6.07) is 7.96. The summed E-state index contributed by atoms with van der Waals surface area (Å²) < 4.78 is 13.0. The largest absolute Gasteiger partial charge is 0.494 e. The summed E-state index contributed by atoms with van der Waals surface area (Å²) in [5, 5.41) is 9.38. The van der Waals surface area contributed by atoms with Crippen LogP contribution in [0.5, 0.6) is 0 Å². The molecule has 1 aromatic heterocycles. The molecule has 0 unspecified atom stereocenters. The molecular formula is C14H15BN2O2S. The summed E-state index contributed by atoms with van der Waals surface area (Å²) in [5.41, 5.74) is 1.05. The fourth-order valence-electron chi connectivity index (χ4n) is 2.12. The van der Waals surface area contributed by atoms with Crippen molar-refractivity contribution in [1.82, 2.24) is 4.98 Å². The summed E-state index contributed by atoms with van der Waals surface area (Å²) in [6.07, 6.45) is 0. The Morgan fingerprint density at radius 1 is 1.20 bits per heavy atom. The van der Waals surface area contributed by atoms with Crippen molar-refractivity contribution in [2.24, 2.45) is 0 Å². The lowest BCUT2D eigenvalue weighted by Crippen LogP contribution is -2.41. The van der Waals surface area contributed by atoms with E-state index in [0.29, 0.717) is 5.01 Å². The first kappa shape index (κ1) is 13.6. The van der Waals surface area contributed by atoms with Gasteiger partial charge in [0.15, 0.2) is 5.01 Å². The molecule has 2 aromatic rings. The number of benzene rings is 1. The van der Waals surface area contributed by atoms with Crippen LogP contribution < -0.4 is 5.46 Å². The molecule has 102 valence electrons. The first-order valence-corrected chi connectivity index (χ1v) is 7.30. The van der Waals surface area contributed by atoms with Gasteiger partial charge in [-0.2, -0.15) is 5.26 Å². The standard InChI is InChI=1S/C14H15BN2O2S/c1-13(2)14(3,4)19-15(18-13)9-5-6-11-10(7-9)17-12(8-16)20-11/h5-7H,1-4H3. The van der Waals surface area contributed by atoms with Crippen molar-refractivity contribution in [3.63, 3.8) is 0 Å². The van der Waals surface area contributed by atoms with Crippen molar-refractivity contribution >= 4 is 34.1 Å². The molecule has 20 heavy (non-hydrogen) atoms. The van der Waals surface area contributed by atoms with Gasteiger partial charge in [0.05, 0.1) is 21.4 Å². The third kappa shape index (κ3) is 2.03. The smallest absolute Gasteiger partial charge is 0.399 e. The van der Waals surface area contributed by atoms with Gasteiger partial charge >= 0.3 is 7.12 Å². The van der Waals surface area contributed by atoms with E-state index in [1.165, 1.54) is 11.3 Å². The van der Waals surface area contributed by atoms with E-state index in [0.717, 1.165) is 15.7 Å². The Balaban J connectivity index is 1.98. The molecule has 2 heterocycles. The number of thiazole rings is 1. The second-order valence-corrected chi connectivity index (χ2v) is 6.98. The molecule has 0 atom stereocenters. The lowest BCUT2D eigenvalue weighted by Gasteiger charge is -2.32. The van der Waals surface area contributed by atoms with Crippen LogP contribution in [-0.4, -0.2) is 23.3 Å². The van der Waals surface area contributed by atoms with Gasteiger partial charge in [0.25, 0.3) is 0 Å². The second-order valence-electron chi connectivity index (χ2n) is 5.95. The molecule has 1 fully saturated rings. The number of rotatable bonds is 1. The predicted molar refractivity (Wildman–Crippen MR) is 80.1 cm³/mol. The third-order valence-corrected chi connectivity index (χ3v) is 4.97. The van der Waals surface area contributed by atoms with Gasteiger partial charge in [-0.15, -0.1) is 11.3 Å². The fraction of sp³-hybridized carbons (Fsp3) is 0.429. The first-order valence-electron chi connectivity index (χ1n) is 6.49. The average molecular weight is 286 g/mol. The Labute approximate surface area is 122 Å². The Hall–Kier alpha value is -1.42. The monoisotopic (exact) mass is 286 g/mol. The zero-order valence-corrected chi connectivity index (χ0v) is 12.7. The minimum Gasteiger partial charge on any atom is -0.399 e. The van der Waals surface area contributed by atoms with Crippen LogP contribution in [-0.2, 0) is 9.31 Å². The molecule has 3 rings (SSSR count). The van der Waals surface area contributed by atoms with Crippen molar-refractivity contribution in [2.45, 2.75) is 38.9 Å². The number of hydrogen-bond acceptors (Lipinski definition) is 5. The van der Waals surface area contributed by atoms with Gasteiger partial charge in [-0.05, 0) is 45.3 Å². The summed E-state index contributed by atoms with van der Waals surface area (Å²) in [6.45, 7) is 8.12. The number of nitrogens with zero attached hydrogens (tertiary/aromatic N) is 2. The van der Waals surface area contributed by atoms with Gasteiger partial charge in [-0.25, -0.2) is 4.98 Å². The van der Waals surface area contributed by atoms with Gasteiger partial charge in [-0.3, -0.25) is 0 Å². The average Bonchev–Trinajstić information content (AvgIpc) is 2.87. The van der Waals surface area contributed by atoms with Gasteiger partial charge in [0, 0.05) is 0 Å². The topological polar surface area (TPSA) is 55.1 Å². The van der Waals surface area contributed by atoms with E-state index in [-0.39, 0.29) is 11.2 Å². The summed E-state index contributed by atoms with van der Waals surface area (Å²) in [7, 11) is -0.392. The van der Waals surface area contributed by atoms with Crippen molar-refractivity contribution in [1.29, 1.82) is 5.26 Å². The Kier molecular flexibility index (Phi) is 2.91. The quantitative estimate of drug-likeness (QED) is 0.756. The second kappa shape index (κ2) is 4.29. The summed E-state index contributed by atoms with van der Waals surface area (Å²) >= 11 is 1.39. The highest BCUT2D eigenvalue weighted by atomic mass is 32.1. The van der Waals surface area contributed by atoms with Crippen molar-refractivity contribution < 1.29 is 9.31 Å². The molecule has 1 aromatic carbocycles. The van der Waals surface area contributed by atoms with Gasteiger partial charge < -0.3 is 9.31 Å². The molecule has 1 saturated heterocycles. The maximum Gasteiger partial charge on any atom is 0.494 e. The van der Waals surface area contributed by atoms with E-state index in [1.807, 2.05) is 45.9 Å². The van der Waals surface area contributed by atoms with Crippen molar-refractivity contribution in [3.8, 4) is 6.07 Å². The van der Waals surface area contributed by atoms with Crippen molar-refractivity contribution in [3.05, 3.63) is 23.2 Å². The van der Waals surface area contributed by atoms with Crippen LogP contribution in [0, 0.1) is 11.3 Å². The van der Waals surface area contributed by atoms with Crippen LogP contribution in [0.1, 0.15) is 32.7 Å². The highest BCUT2D eigenvalue weighted by Crippen LogP contribution is 2.36. The maximum atomic E-state index is 8.91. The van der Waals surface area contributed by atoms with Gasteiger partial charge in [0.2, 0.25) is 0 Å². The highest BCUT2D eigenvalue weighted by Gasteiger charge is 2.51. The molecule has 0 radical (unpaired) electrons. The van der Waals surface area contributed by atoms with Crippen LogP contribution in [0.25, 0.3) is 10.2 Å². The lowest BCUT2D eigenvalue weighted by atomic mass is 9.79. The third-order valence-electron chi connectivity index (χ3n) is 4.03. The normalized spacial score (nSPS) is 20.2. The van der Waals surface area contributed by atoms with E-state index < -0.39 is 7.12 Å². The lowest BCUT2D eigenvalue weighted by molar-refractivity contribution is 0.00578. The molecule has 0 aliphatic carbocycles. The van der Waals surface area contributed by atoms with Crippen LogP contribution in [0.4, 0.5) is 0 Å². The molecule has 6 heteroatoms. The summed E-state index contributed by atoms with van der Waals surface area (Å²) in [5.74, 6) is 0. The molecule has 4 nitrogen and oxygen atoms in total. The van der Waals surface area contributed by atoms with Crippen LogP contribution >= 0.6 is 11.3 Å². The number of nitriles is 1. The number of fused-ring (bicyclic) bond motifs is 1. The Morgan fingerprint density at radius 3 is 2.45 bits per heavy atom. The molecule has 1 aliphatic heterocycles. The van der Waals surface area contributed by atoms with Crippen molar-refractivity contribution in [2.75, 3.05) is 0 Å². The Bertz CT molecular complexity index is 702. The van der Waals surface area contributed by atoms with E-state index in [9.17, 15) is 0 Å². The molecule has 0 bridgehead atoms. The fourth-order valence-corrected chi connectivity index (χ4v) is 2.86. The van der Waals surface area contributed by atoms with E-state index in [1.54, 1.807) is 0 Å². The first-order chi connectivity index (χ1) is 9.32. The minimum absolute atomic E-state index is 0.355. The molecule has 0 saturated carbocycles.